The molecule has 3 rings (SSSR count). The van der Waals surface area contributed by atoms with Crippen LogP contribution in [0.1, 0.15) is 32.1 Å². The monoisotopic (exact) mass is 276 g/mol. The van der Waals surface area contributed by atoms with Crippen molar-refractivity contribution < 1.29 is 0 Å². The van der Waals surface area contributed by atoms with Crippen LogP contribution in [0.5, 0.6) is 0 Å². The van der Waals surface area contributed by atoms with Gasteiger partial charge in [0.1, 0.15) is 11.6 Å². The Kier molecular flexibility index (Phi) is 3.91. The number of rotatable bonds is 4. The largest absolute Gasteiger partial charge is 0.383 e. The van der Waals surface area contributed by atoms with E-state index in [4.69, 9.17) is 5.73 Å². The fourth-order valence-corrected chi connectivity index (χ4v) is 3.14. The van der Waals surface area contributed by atoms with Crippen molar-refractivity contribution in [3.63, 3.8) is 0 Å². The SMILES string of the molecule is CN[C@@H]1CCN(c2cc(N)nc(NC3CCCC3)n2)C1. The molecular weight excluding hydrogens is 252 g/mol. The van der Waals surface area contributed by atoms with E-state index >= 15 is 0 Å². The fraction of sp³-hybridized carbons (Fsp3) is 0.714. The zero-order valence-corrected chi connectivity index (χ0v) is 12.1. The van der Waals surface area contributed by atoms with Gasteiger partial charge in [0.25, 0.3) is 0 Å². The van der Waals surface area contributed by atoms with Crippen LogP contribution in [-0.2, 0) is 0 Å². The molecule has 0 radical (unpaired) electrons. The number of nitrogens with two attached hydrogens (primary N) is 1. The molecule has 0 unspecified atom stereocenters. The van der Waals surface area contributed by atoms with Crippen molar-refractivity contribution in [3.05, 3.63) is 6.07 Å². The third-order valence-corrected chi connectivity index (χ3v) is 4.34. The van der Waals surface area contributed by atoms with Crippen LogP contribution in [0.4, 0.5) is 17.6 Å². The molecule has 0 amide bonds. The molecule has 110 valence electrons. The lowest BCUT2D eigenvalue weighted by atomic mass is 10.2. The molecular formula is C14H24N6. The summed E-state index contributed by atoms with van der Waals surface area (Å²) in [7, 11) is 2.01. The zero-order valence-electron chi connectivity index (χ0n) is 12.1. The molecule has 1 aliphatic heterocycles. The molecule has 1 atom stereocenters. The van der Waals surface area contributed by atoms with E-state index in [1.807, 2.05) is 13.1 Å². The van der Waals surface area contributed by atoms with E-state index in [2.05, 4.69) is 25.5 Å². The van der Waals surface area contributed by atoms with Gasteiger partial charge in [0.05, 0.1) is 0 Å². The second-order valence-corrected chi connectivity index (χ2v) is 5.82. The maximum atomic E-state index is 5.94. The van der Waals surface area contributed by atoms with Crippen molar-refractivity contribution in [1.29, 1.82) is 0 Å². The van der Waals surface area contributed by atoms with Crippen LogP contribution >= 0.6 is 0 Å². The topological polar surface area (TPSA) is 79.1 Å². The number of aromatic nitrogens is 2. The molecule has 2 heterocycles. The molecule has 1 aromatic rings. The first-order chi connectivity index (χ1) is 9.74. The molecule has 0 spiro atoms. The highest BCUT2D eigenvalue weighted by Gasteiger charge is 2.23. The van der Waals surface area contributed by atoms with Gasteiger partial charge in [0.15, 0.2) is 0 Å². The van der Waals surface area contributed by atoms with Crippen molar-refractivity contribution in [2.75, 3.05) is 36.1 Å². The number of hydrogen-bond donors (Lipinski definition) is 3. The van der Waals surface area contributed by atoms with Gasteiger partial charge in [-0.05, 0) is 26.3 Å². The second-order valence-electron chi connectivity index (χ2n) is 5.82. The van der Waals surface area contributed by atoms with E-state index < -0.39 is 0 Å². The summed E-state index contributed by atoms with van der Waals surface area (Å²) in [4.78, 5) is 11.2. The smallest absolute Gasteiger partial charge is 0.226 e. The molecule has 1 saturated heterocycles. The summed E-state index contributed by atoms with van der Waals surface area (Å²) in [5.41, 5.74) is 5.94. The number of likely N-dealkylation sites (N-methyl/N-ethyl adjacent to an activating group) is 1. The highest BCUT2D eigenvalue weighted by molar-refractivity contribution is 5.52. The lowest BCUT2D eigenvalue weighted by Crippen LogP contribution is -2.30. The maximum Gasteiger partial charge on any atom is 0.226 e. The second kappa shape index (κ2) is 5.83. The Bertz CT molecular complexity index is 457. The van der Waals surface area contributed by atoms with Gasteiger partial charge >= 0.3 is 0 Å². The summed E-state index contributed by atoms with van der Waals surface area (Å²) >= 11 is 0. The molecule has 6 heteroatoms. The maximum absolute atomic E-state index is 5.94. The van der Waals surface area contributed by atoms with E-state index in [0.717, 1.165) is 25.3 Å². The highest BCUT2D eigenvalue weighted by atomic mass is 15.3. The van der Waals surface area contributed by atoms with Crippen molar-refractivity contribution in [1.82, 2.24) is 15.3 Å². The molecule has 6 nitrogen and oxygen atoms in total. The Balaban J connectivity index is 1.72. The molecule has 20 heavy (non-hydrogen) atoms. The van der Waals surface area contributed by atoms with E-state index in [-0.39, 0.29) is 0 Å². The molecule has 1 saturated carbocycles. The minimum absolute atomic E-state index is 0.508. The predicted molar refractivity (Wildman–Crippen MR) is 82.0 cm³/mol. The van der Waals surface area contributed by atoms with E-state index in [0.29, 0.717) is 23.8 Å². The number of hydrogen-bond acceptors (Lipinski definition) is 6. The fourth-order valence-electron chi connectivity index (χ4n) is 3.14. The Morgan fingerprint density at radius 3 is 2.70 bits per heavy atom. The quantitative estimate of drug-likeness (QED) is 0.767. The Hall–Kier alpha value is -1.56. The number of nitrogens with zero attached hydrogens (tertiary/aromatic N) is 3. The number of anilines is 3. The van der Waals surface area contributed by atoms with Gasteiger partial charge in [-0.1, -0.05) is 12.8 Å². The number of nitrogen functional groups attached to an aromatic ring is 1. The van der Waals surface area contributed by atoms with Crippen LogP contribution in [0, 0.1) is 0 Å². The Labute approximate surface area is 120 Å². The van der Waals surface area contributed by atoms with Gasteiger partial charge in [-0.15, -0.1) is 0 Å². The van der Waals surface area contributed by atoms with Gasteiger partial charge in [-0.2, -0.15) is 9.97 Å². The molecule has 2 fully saturated rings. The predicted octanol–water partition coefficient (Wildman–Crippen LogP) is 1.21. The first-order valence-electron chi connectivity index (χ1n) is 7.58. The first kappa shape index (κ1) is 13.4. The van der Waals surface area contributed by atoms with E-state index in [1.54, 1.807) is 0 Å². The summed E-state index contributed by atoms with van der Waals surface area (Å²) < 4.78 is 0. The molecule has 1 aromatic heterocycles. The van der Waals surface area contributed by atoms with Crippen LogP contribution in [-0.4, -0.2) is 42.2 Å². The van der Waals surface area contributed by atoms with E-state index in [1.165, 1.54) is 25.7 Å². The molecule has 4 N–H and O–H groups in total. The van der Waals surface area contributed by atoms with Gasteiger partial charge < -0.3 is 21.3 Å². The number of nitrogens with one attached hydrogen (secondary N) is 2. The average Bonchev–Trinajstić information content (AvgIpc) is 3.08. The average molecular weight is 276 g/mol. The molecule has 2 aliphatic rings. The lowest BCUT2D eigenvalue weighted by Gasteiger charge is -2.19. The normalized spacial score (nSPS) is 23.4. The summed E-state index contributed by atoms with van der Waals surface area (Å²) in [6.45, 7) is 2.00. The van der Waals surface area contributed by atoms with Crippen LogP contribution in [0.3, 0.4) is 0 Å². The van der Waals surface area contributed by atoms with Crippen LogP contribution in [0.25, 0.3) is 0 Å². The van der Waals surface area contributed by atoms with Crippen molar-refractivity contribution >= 4 is 17.6 Å². The van der Waals surface area contributed by atoms with Crippen molar-refractivity contribution in [3.8, 4) is 0 Å². The van der Waals surface area contributed by atoms with Crippen molar-refractivity contribution in [2.45, 2.75) is 44.2 Å². The summed E-state index contributed by atoms with van der Waals surface area (Å²) in [5.74, 6) is 2.17. The van der Waals surface area contributed by atoms with Crippen LogP contribution in [0.15, 0.2) is 6.07 Å². The zero-order chi connectivity index (χ0) is 13.9. The third kappa shape index (κ3) is 2.95. The first-order valence-corrected chi connectivity index (χ1v) is 7.58. The Morgan fingerprint density at radius 2 is 2.00 bits per heavy atom. The lowest BCUT2D eigenvalue weighted by molar-refractivity contribution is 0.616. The molecule has 0 bridgehead atoms. The van der Waals surface area contributed by atoms with Gasteiger partial charge in [-0.3, -0.25) is 0 Å². The van der Waals surface area contributed by atoms with E-state index in [9.17, 15) is 0 Å². The summed E-state index contributed by atoms with van der Waals surface area (Å²) in [6, 6.07) is 2.92. The standard InChI is InChI=1S/C14H24N6/c1-16-11-6-7-20(9-11)13-8-12(15)18-14(19-13)17-10-4-2-3-5-10/h8,10-11,16H,2-7,9H2,1H3,(H3,15,17,18,19)/t11-/m1/s1. The van der Waals surface area contributed by atoms with Crippen LogP contribution < -0.4 is 21.3 Å². The Morgan fingerprint density at radius 1 is 1.20 bits per heavy atom. The molecule has 1 aliphatic carbocycles. The summed E-state index contributed by atoms with van der Waals surface area (Å²) in [6.07, 6.45) is 6.15. The van der Waals surface area contributed by atoms with Crippen molar-refractivity contribution in [2.24, 2.45) is 0 Å². The van der Waals surface area contributed by atoms with Gasteiger partial charge in [0, 0.05) is 31.2 Å². The van der Waals surface area contributed by atoms with Crippen LogP contribution in [0.2, 0.25) is 0 Å². The van der Waals surface area contributed by atoms with Gasteiger partial charge in [-0.25, -0.2) is 0 Å². The minimum Gasteiger partial charge on any atom is -0.383 e. The third-order valence-electron chi connectivity index (χ3n) is 4.34. The van der Waals surface area contributed by atoms with Gasteiger partial charge in [0.2, 0.25) is 5.95 Å². The molecule has 0 aromatic carbocycles. The highest BCUT2D eigenvalue weighted by Crippen LogP contribution is 2.24. The minimum atomic E-state index is 0.508. The summed E-state index contributed by atoms with van der Waals surface area (Å²) in [5, 5.41) is 6.75.